The largest absolute Gasteiger partial charge is 0.369 e. The third-order valence-electron chi connectivity index (χ3n) is 4.58. The third kappa shape index (κ3) is 3.25. The normalized spacial score (nSPS) is 23.5. The van der Waals surface area contributed by atoms with Gasteiger partial charge in [-0.3, -0.25) is 19.3 Å². The highest BCUT2D eigenvalue weighted by molar-refractivity contribution is 14.1. The fraction of sp³-hybridized carbons (Fsp3) is 0.438. The summed E-state index contributed by atoms with van der Waals surface area (Å²) in [7, 11) is 0. The summed E-state index contributed by atoms with van der Waals surface area (Å²) in [5.74, 6) is -0.739. The maximum atomic E-state index is 12.7. The van der Waals surface area contributed by atoms with Crippen molar-refractivity contribution < 1.29 is 14.4 Å². The van der Waals surface area contributed by atoms with Crippen molar-refractivity contribution in [1.29, 1.82) is 0 Å². The minimum Gasteiger partial charge on any atom is -0.369 e. The Bertz CT molecular complexity index is 638. The topological polar surface area (TPSA) is 83.7 Å². The molecule has 0 aliphatic carbocycles. The summed E-state index contributed by atoms with van der Waals surface area (Å²) in [6.45, 7) is 1.25. The lowest BCUT2D eigenvalue weighted by atomic mass is 9.95. The van der Waals surface area contributed by atoms with Gasteiger partial charge in [0.15, 0.2) is 0 Å². The van der Waals surface area contributed by atoms with Crippen LogP contribution in [0.5, 0.6) is 0 Å². The molecule has 0 bridgehead atoms. The molecule has 0 spiro atoms. The van der Waals surface area contributed by atoms with Gasteiger partial charge >= 0.3 is 0 Å². The summed E-state index contributed by atoms with van der Waals surface area (Å²) in [5, 5.41) is 0. The molecule has 3 amide bonds. The van der Waals surface area contributed by atoms with E-state index in [1.54, 1.807) is 12.1 Å². The third-order valence-corrected chi connectivity index (χ3v) is 5.30. The van der Waals surface area contributed by atoms with Crippen molar-refractivity contribution in [3.63, 3.8) is 0 Å². The number of piperidine rings is 1. The Morgan fingerprint density at radius 1 is 1.13 bits per heavy atom. The molecule has 2 aliphatic rings. The Hall–Kier alpha value is -1.48. The van der Waals surface area contributed by atoms with Gasteiger partial charge in [0.2, 0.25) is 11.8 Å². The van der Waals surface area contributed by atoms with Gasteiger partial charge in [-0.2, -0.15) is 0 Å². The van der Waals surface area contributed by atoms with Gasteiger partial charge in [0.25, 0.3) is 5.91 Å². The number of carbonyl (C=O) groups excluding carboxylic acids is 3. The first-order valence-electron chi connectivity index (χ1n) is 7.63. The zero-order valence-electron chi connectivity index (χ0n) is 12.6. The molecule has 23 heavy (non-hydrogen) atoms. The van der Waals surface area contributed by atoms with E-state index in [4.69, 9.17) is 5.73 Å². The molecule has 1 atom stereocenters. The van der Waals surface area contributed by atoms with E-state index < -0.39 is 6.04 Å². The van der Waals surface area contributed by atoms with Crippen molar-refractivity contribution in [1.82, 2.24) is 4.90 Å². The second-order valence-electron chi connectivity index (χ2n) is 5.98. The lowest BCUT2D eigenvalue weighted by Crippen LogP contribution is -2.47. The van der Waals surface area contributed by atoms with Gasteiger partial charge in [0, 0.05) is 9.49 Å². The molecular formula is C16H18IN3O3. The molecule has 122 valence electrons. The summed E-state index contributed by atoms with van der Waals surface area (Å²) in [5.41, 5.74) is 5.96. The number of halogens is 1. The number of amides is 3. The predicted molar refractivity (Wildman–Crippen MR) is 93.5 cm³/mol. The molecule has 7 heteroatoms. The van der Waals surface area contributed by atoms with Gasteiger partial charge in [-0.05, 0) is 72.8 Å². The second-order valence-corrected chi connectivity index (χ2v) is 7.22. The van der Waals surface area contributed by atoms with E-state index in [1.165, 1.54) is 4.90 Å². The summed E-state index contributed by atoms with van der Waals surface area (Å²) < 4.78 is 1.05. The molecule has 1 aromatic carbocycles. The van der Waals surface area contributed by atoms with Crippen LogP contribution in [-0.4, -0.2) is 41.8 Å². The van der Waals surface area contributed by atoms with E-state index in [-0.39, 0.29) is 30.1 Å². The molecule has 0 aromatic heterocycles. The van der Waals surface area contributed by atoms with Crippen LogP contribution in [0.1, 0.15) is 19.3 Å². The predicted octanol–water partition coefficient (Wildman–Crippen LogP) is 1.12. The maximum absolute atomic E-state index is 12.7. The van der Waals surface area contributed by atoms with Crippen LogP contribution in [0.2, 0.25) is 0 Å². The van der Waals surface area contributed by atoms with Gasteiger partial charge in [0.05, 0.1) is 18.2 Å². The molecule has 6 nitrogen and oxygen atoms in total. The molecular weight excluding hydrogens is 409 g/mol. The molecule has 1 aromatic rings. The lowest BCUT2D eigenvalue weighted by molar-refractivity contribution is -0.124. The average molecular weight is 427 g/mol. The first-order valence-corrected chi connectivity index (χ1v) is 8.71. The molecule has 1 unspecified atom stereocenters. The van der Waals surface area contributed by atoms with E-state index in [9.17, 15) is 14.4 Å². The Balaban J connectivity index is 1.72. The molecule has 0 radical (unpaired) electrons. The zero-order valence-corrected chi connectivity index (χ0v) is 14.7. The Kier molecular flexibility index (Phi) is 4.67. The molecule has 2 heterocycles. The number of likely N-dealkylation sites (tertiary alicyclic amines) is 1. The number of anilines is 1. The van der Waals surface area contributed by atoms with Crippen LogP contribution < -0.4 is 10.6 Å². The van der Waals surface area contributed by atoms with Crippen LogP contribution in [0.15, 0.2) is 24.3 Å². The molecule has 0 saturated carbocycles. The molecule has 3 rings (SSSR count). The van der Waals surface area contributed by atoms with E-state index in [0.29, 0.717) is 31.6 Å². The van der Waals surface area contributed by atoms with Crippen molar-refractivity contribution in [2.45, 2.75) is 25.3 Å². The van der Waals surface area contributed by atoms with Gasteiger partial charge in [-0.15, -0.1) is 0 Å². The number of nitrogens with two attached hydrogens (primary N) is 1. The SMILES string of the molecule is NC(=O)C1CCN(C2CC(=O)N(c3ccc(I)cc3)C2=O)CC1. The van der Waals surface area contributed by atoms with Crippen molar-refractivity contribution in [2.75, 3.05) is 18.0 Å². The summed E-state index contributed by atoms with van der Waals surface area (Å²) >= 11 is 2.18. The quantitative estimate of drug-likeness (QED) is 0.579. The summed E-state index contributed by atoms with van der Waals surface area (Å²) in [6.07, 6.45) is 1.50. The van der Waals surface area contributed by atoms with E-state index in [0.717, 1.165) is 3.57 Å². The van der Waals surface area contributed by atoms with Gasteiger partial charge in [0.1, 0.15) is 0 Å². The van der Waals surface area contributed by atoms with Gasteiger partial charge in [-0.1, -0.05) is 0 Å². The Labute approximate surface area is 148 Å². The standard InChI is InChI=1S/C16H18IN3O3/c17-11-1-3-12(4-2-11)20-14(21)9-13(16(20)23)19-7-5-10(6-8-19)15(18)22/h1-4,10,13H,5-9H2,(H2,18,22). The van der Waals surface area contributed by atoms with Crippen LogP contribution in [0, 0.1) is 9.49 Å². The van der Waals surface area contributed by atoms with Gasteiger partial charge in [-0.25, -0.2) is 4.90 Å². The van der Waals surface area contributed by atoms with Crippen molar-refractivity contribution in [2.24, 2.45) is 11.7 Å². The minimum absolute atomic E-state index is 0.120. The number of primary amides is 1. The highest BCUT2D eigenvalue weighted by Gasteiger charge is 2.43. The monoisotopic (exact) mass is 427 g/mol. The fourth-order valence-electron chi connectivity index (χ4n) is 3.26. The molecule has 2 aliphatic heterocycles. The number of hydrogen-bond acceptors (Lipinski definition) is 4. The van der Waals surface area contributed by atoms with Crippen LogP contribution in [0.3, 0.4) is 0 Å². The maximum Gasteiger partial charge on any atom is 0.251 e. The smallest absolute Gasteiger partial charge is 0.251 e. The number of rotatable bonds is 3. The summed E-state index contributed by atoms with van der Waals surface area (Å²) in [6, 6.07) is 6.92. The van der Waals surface area contributed by atoms with Crippen LogP contribution in [-0.2, 0) is 14.4 Å². The highest BCUT2D eigenvalue weighted by atomic mass is 127. The van der Waals surface area contributed by atoms with Crippen molar-refractivity contribution >= 4 is 46.0 Å². The van der Waals surface area contributed by atoms with Gasteiger partial charge < -0.3 is 5.73 Å². The highest BCUT2D eigenvalue weighted by Crippen LogP contribution is 2.28. The number of nitrogens with zero attached hydrogens (tertiary/aromatic N) is 2. The lowest BCUT2D eigenvalue weighted by Gasteiger charge is -2.33. The second kappa shape index (κ2) is 6.56. The number of carbonyl (C=O) groups is 3. The Morgan fingerprint density at radius 3 is 2.30 bits per heavy atom. The first-order chi connectivity index (χ1) is 11.0. The number of hydrogen-bond donors (Lipinski definition) is 1. The van der Waals surface area contributed by atoms with E-state index >= 15 is 0 Å². The number of imide groups is 1. The number of benzene rings is 1. The van der Waals surface area contributed by atoms with E-state index in [2.05, 4.69) is 22.6 Å². The Morgan fingerprint density at radius 2 is 1.74 bits per heavy atom. The zero-order chi connectivity index (χ0) is 16.6. The minimum atomic E-state index is -0.421. The van der Waals surface area contributed by atoms with Crippen molar-refractivity contribution in [3.05, 3.63) is 27.8 Å². The first kappa shape index (κ1) is 16.4. The molecule has 2 fully saturated rings. The van der Waals surface area contributed by atoms with E-state index in [1.807, 2.05) is 17.0 Å². The average Bonchev–Trinajstić information content (AvgIpc) is 2.83. The molecule has 2 saturated heterocycles. The van der Waals surface area contributed by atoms with Crippen molar-refractivity contribution in [3.8, 4) is 0 Å². The fourth-order valence-corrected chi connectivity index (χ4v) is 3.62. The van der Waals surface area contributed by atoms with Crippen LogP contribution in [0.25, 0.3) is 0 Å². The summed E-state index contributed by atoms with van der Waals surface area (Å²) in [4.78, 5) is 39.5. The van der Waals surface area contributed by atoms with Crippen LogP contribution in [0.4, 0.5) is 5.69 Å². The van der Waals surface area contributed by atoms with Crippen LogP contribution >= 0.6 is 22.6 Å². The molecule has 2 N–H and O–H groups in total.